The van der Waals surface area contributed by atoms with E-state index < -0.39 is 10.1 Å². The molecule has 0 radical (unpaired) electrons. The third-order valence-corrected chi connectivity index (χ3v) is 7.81. The molecule has 0 aliphatic carbocycles. The van der Waals surface area contributed by atoms with Gasteiger partial charge in [-0.05, 0) is 89.0 Å². The van der Waals surface area contributed by atoms with Crippen LogP contribution in [0.15, 0.2) is 12.2 Å². The Hall–Kier alpha value is -1.53. The average molecular weight is 495 g/mol. The van der Waals surface area contributed by atoms with Gasteiger partial charge in [-0.25, -0.2) is 0 Å². The van der Waals surface area contributed by atoms with Crippen molar-refractivity contribution in [1.29, 1.82) is 0 Å². The van der Waals surface area contributed by atoms with Gasteiger partial charge in [0.25, 0.3) is 10.1 Å². The molecule has 0 aromatic heterocycles. The van der Waals surface area contributed by atoms with Crippen molar-refractivity contribution in [1.82, 2.24) is 0 Å². The number of unbranched alkanes of at least 4 members (excludes halogenated alkanes) is 8. The van der Waals surface area contributed by atoms with Crippen molar-refractivity contribution < 1.29 is 22.4 Å². The molecule has 0 saturated heterocycles. The average Bonchev–Trinajstić information content (AvgIpc) is 2.77. The number of allylic oxidation sites excluding steroid dienone is 1. The van der Waals surface area contributed by atoms with E-state index in [0.29, 0.717) is 13.0 Å². The van der Waals surface area contributed by atoms with E-state index in [9.17, 15) is 8.42 Å². The maximum atomic E-state index is 10.8. The standard InChI is InChI=1S/C28H46O5S/c1-6-7-8-9-10-11-14-18-28(5)19-17-25-24(4)26(22(2)23(3)27(25)33-28)32-20-15-12-13-16-21-34(29,30)31/h14,18H,6-13,15-17,19-21H2,1-5H3,(H,29,30,31). The van der Waals surface area contributed by atoms with Crippen LogP contribution >= 0.6 is 0 Å². The molecule has 1 heterocycles. The zero-order valence-electron chi connectivity index (χ0n) is 22.0. The van der Waals surface area contributed by atoms with Crippen molar-refractivity contribution in [3.05, 3.63) is 34.4 Å². The first kappa shape index (κ1) is 28.7. The van der Waals surface area contributed by atoms with Crippen molar-refractivity contribution >= 4 is 10.1 Å². The highest BCUT2D eigenvalue weighted by atomic mass is 32.2. The molecule has 0 amide bonds. The van der Waals surface area contributed by atoms with Gasteiger partial charge in [-0.3, -0.25) is 4.55 Å². The van der Waals surface area contributed by atoms with E-state index in [1.165, 1.54) is 43.2 Å². The van der Waals surface area contributed by atoms with Crippen molar-refractivity contribution in [2.24, 2.45) is 0 Å². The Labute approximate surface area is 208 Å². The van der Waals surface area contributed by atoms with Crippen molar-refractivity contribution in [3.8, 4) is 11.5 Å². The van der Waals surface area contributed by atoms with E-state index in [4.69, 9.17) is 14.0 Å². The van der Waals surface area contributed by atoms with E-state index in [-0.39, 0.29) is 11.4 Å². The summed E-state index contributed by atoms with van der Waals surface area (Å²) in [5.74, 6) is 1.82. The van der Waals surface area contributed by atoms with Crippen molar-refractivity contribution in [2.75, 3.05) is 12.4 Å². The van der Waals surface area contributed by atoms with Crippen molar-refractivity contribution in [3.63, 3.8) is 0 Å². The summed E-state index contributed by atoms with van der Waals surface area (Å²) in [5, 5.41) is 0. The summed E-state index contributed by atoms with van der Waals surface area (Å²) in [5.41, 5.74) is 4.46. The molecule has 0 saturated carbocycles. The molecule has 1 unspecified atom stereocenters. The monoisotopic (exact) mass is 494 g/mol. The maximum Gasteiger partial charge on any atom is 0.264 e. The Balaban J connectivity index is 1.93. The molecule has 1 aliphatic heterocycles. The van der Waals surface area contributed by atoms with Crippen LogP contribution in [-0.2, 0) is 16.5 Å². The lowest BCUT2D eigenvalue weighted by Crippen LogP contribution is -2.35. The molecule has 2 rings (SSSR count). The van der Waals surface area contributed by atoms with Gasteiger partial charge in [0.05, 0.1) is 12.4 Å². The van der Waals surface area contributed by atoms with E-state index >= 15 is 0 Å². The van der Waals surface area contributed by atoms with Gasteiger partial charge in [0, 0.05) is 5.56 Å². The Kier molecular flexibility index (Phi) is 11.4. The van der Waals surface area contributed by atoms with E-state index in [2.05, 4.69) is 46.8 Å². The van der Waals surface area contributed by atoms with Gasteiger partial charge in [-0.15, -0.1) is 0 Å². The molecule has 0 spiro atoms. The Morgan fingerprint density at radius 2 is 1.65 bits per heavy atom. The van der Waals surface area contributed by atoms with Crippen LogP contribution in [0.5, 0.6) is 11.5 Å². The highest BCUT2D eigenvalue weighted by Gasteiger charge is 2.32. The van der Waals surface area contributed by atoms with Gasteiger partial charge < -0.3 is 9.47 Å². The molecule has 1 aromatic rings. The fourth-order valence-corrected chi connectivity index (χ4v) is 5.27. The van der Waals surface area contributed by atoms with Crippen LogP contribution in [0.1, 0.15) is 107 Å². The normalized spacial score (nSPS) is 18.2. The lowest BCUT2D eigenvalue weighted by atomic mass is 9.86. The Bertz CT molecular complexity index is 919. The van der Waals surface area contributed by atoms with Gasteiger partial charge in [0.15, 0.2) is 0 Å². The summed E-state index contributed by atoms with van der Waals surface area (Å²) in [6.07, 6.45) is 17.1. The number of benzene rings is 1. The van der Waals surface area contributed by atoms with E-state index in [1.807, 2.05) is 0 Å². The van der Waals surface area contributed by atoms with Crippen LogP contribution in [0.3, 0.4) is 0 Å². The van der Waals surface area contributed by atoms with Crippen LogP contribution in [-0.4, -0.2) is 30.9 Å². The number of ether oxygens (including phenoxy) is 2. The number of hydrogen-bond acceptors (Lipinski definition) is 4. The minimum Gasteiger partial charge on any atom is -0.493 e. The molecular formula is C28H46O5S. The van der Waals surface area contributed by atoms with Gasteiger partial charge in [-0.1, -0.05) is 51.5 Å². The van der Waals surface area contributed by atoms with Gasteiger partial charge in [0.2, 0.25) is 0 Å². The second kappa shape index (κ2) is 13.5. The predicted octanol–water partition coefficient (Wildman–Crippen LogP) is 7.44. The highest BCUT2D eigenvalue weighted by molar-refractivity contribution is 7.85. The van der Waals surface area contributed by atoms with Crippen LogP contribution in [0.25, 0.3) is 0 Å². The second-order valence-corrected chi connectivity index (χ2v) is 11.7. The van der Waals surface area contributed by atoms with Crippen LogP contribution in [0, 0.1) is 20.8 Å². The molecule has 0 bridgehead atoms. The fourth-order valence-electron chi connectivity index (χ4n) is 4.70. The summed E-state index contributed by atoms with van der Waals surface area (Å²) >= 11 is 0. The smallest absolute Gasteiger partial charge is 0.264 e. The topological polar surface area (TPSA) is 72.8 Å². The molecule has 34 heavy (non-hydrogen) atoms. The summed E-state index contributed by atoms with van der Waals surface area (Å²) < 4.78 is 43.2. The molecule has 0 fully saturated rings. The quantitative estimate of drug-likeness (QED) is 0.156. The van der Waals surface area contributed by atoms with Crippen LogP contribution in [0.4, 0.5) is 0 Å². The molecule has 1 N–H and O–H groups in total. The number of fused-ring (bicyclic) bond motifs is 1. The number of rotatable bonds is 15. The Morgan fingerprint density at radius 1 is 0.971 bits per heavy atom. The lowest BCUT2D eigenvalue weighted by molar-refractivity contribution is 0.112. The zero-order valence-corrected chi connectivity index (χ0v) is 22.9. The molecule has 1 aromatic carbocycles. The SMILES string of the molecule is CCCCCCCC=CC1(C)CCc2c(C)c(OCCCCCCS(=O)(=O)O)c(C)c(C)c2O1. The lowest BCUT2D eigenvalue weighted by Gasteiger charge is -2.36. The second-order valence-electron chi connectivity index (χ2n) is 10.1. The van der Waals surface area contributed by atoms with Crippen LogP contribution < -0.4 is 9.47 Å². The molecule has 6 heteroatoms. The number of hydrogen-bond donors (Lipinski definition) is 1. The first-order valence-corrected chi connectivity index (χ1v) is 14.8. The first-order valence-electron chi connectivity index (χ1n) is 13.2. The zero-order chi connectivity index (χ0) is 25.2. The molecule has 1 atom stereocenters. The minimum atomic E-state index is -3.85. The first-order chi connectivity index (χ1) is 16.1. The van der Waals surface area contributed by atoms with Gasteiger partial charge in [-0.2, -0.15) is 8.42 Å². The summed E-state index contributed by atoms with van der Waals surface area (Å²) in [6, 6.07) is 0. The fraction of sp³-hybridized carbons (Fsp3) is 0.714. The van der Waals surface area contributed by atoms with E-state index in [0.717, 1.165) is 61.2 Å². The largest absolute Gasteiger partial charge is 0.493 e. The van der Waals surface area contributed by atoms with Crippen molar-refractivity contribution in [2.45, 2.75) is 117 Å². The van der Waals surface area contributed by atoms with E-state index in [1.54, 1.807) is 0 Å². The molecule has 194 valence electrons. The maximum absolute atomic E-state index is 10.8. The van der Waals surface area contributed by atoms with Crippen LogP contribution in [0.2, 0.25) is 0 Å². The highest BCUT2D eigenvalue weighted by Crippen LogP contribution is 2.44. The van der Waals surface area contributed by atoms with Gasteiger partial charge >= 0.3 is 0 Å². The Morgan fingerprint density at radius 3 is 2.35 bits per heavy atom. The third kappa shape index (κ3) is 8.92. The molecule has 1 aliphatic rings. The summed E-state index contributed by atoms with van der Waals surface area (Å²) in [4.78, 5) is 0. The predicted molar refractivity (Wildman–Crippen MR) is 141 cm³/mol. The third-order valence-electron chi connectivity index (χ3n) is 7.01. The minimum absolute atomic E-state index is 0.164. The summed E-state index contributed by atoms with van der Waals surface area (Å²) in [6.45, 7) is 11.4. The summed E-state index contributed by atoms with van der Waals surface area (Å²) in [7, 11) is -3.85. The molecule has 5 nitrogen and oxygen atoms in total. The molecular weight excluding hydrogens is 448 g/mol. The van der Waals surface area contributed by atoms with Gasteiger partial charge in [0.1, 0.15) is 17.1 Å².